The Hall–Kier alpha value is -2.50. The maximum Gasteiger partial charge on any atom is 0.304 e. The van der Waals surface area contributed by atoms with Crippen LogP contribution < -0.4 is 9.62 Å². The van der Waals surface area contributed by atoms with Crippen molar-refractivity contribution in [2.45, 2.75) is 45.8 Å². The van der Waals surface area contributed by atoms with E-state index in [-0.39, 0.29) is 24.2 Å². The molecule has 0 radical (unpaired) electrons. The van der Waals surface area contributed by atoms with Crippen molar-refractivity contribution in [1.29, 1.82) is 0 Å². The first kappa shape index (κ1) is 28.7. The standard InChI is InChI=1S/C24H32BrFN4O4S/c1-6-17(2)27-24(32)18(3)29(15-19-11-13-20(25)14-12-19)23(31)16-30(35(33,34)28(4)5)22-10-8-7-9-21(22)26/h7-14,17-18H,6,15-16H2,1-5H3,(H,27,32)/t17-,18-/m1/s1. The van der Waals surface area contributed by atoms with Gasteiger partial charge >= 0.3 is 10.2 Å². The van der Waals surface area contributed by atoms with Crippen LogP contribution in [0.15, 0.2) is 53.0 Å². The van der Waals surface area contributed by atoms with Crippen molar-refractivity contribution in [3.05, 3.63) is 64.4 Å². The van der Waals surface area contributed by atoms with Crippen LogP contribution in [-0.2, 0) is 26.3 Å². The van der Waals surface area contributed by atoms with Gasteiger partial charge < -0.3 is 10.2 Å². The Bertz CT molecular complexity index is 1130. The van der Waals surface area contributed by atoms with Crippen LogP contribution in [0.1, 0.15) is 32.8 Å². The summed E-state index contributed by atoms with van der Waals surface area (Å²) in [5.41, 5.74) is 0.493. The van der Waals surface area contributed by atoms with Crippen molar-refractivity contribution >= 4 is 43.6 Å². The van der Waals surface area contributed by atoms with Crippen molar-refractivity contribution in [2.24, 2.45) is 0 Å². The number of hydrogen-bond donors (Lipinski definition) is 1. The number of amides is 2. The smallest absolute Gasteiger partial charge is 0.304 e. The molecule has 2 rings (SSSR count). The van der Waals surface area contributed by atoms with Gasteiger partial charge in [-0.1, -0.05) is 47.1 Å². The van der Waals surface area contributed by atoms with Gasteiger partial charge in [0.1, 0.15) is 18.4 Å². The third kappa shape index (κ3) is 7.49. The second-order valence-corrected chi connectivity index (χ2v) is 11.4. The van der Waals surface area contributed by atoms with Gasteiger partial charge in [-0.2, -0.15) is 12.7 Å². The number of nitrogens with one attached hydrogen (secondary N) is 1. The lowest BCUT2D eigenvalue weighted by Crippen LogP contribution is -2.53. The van der Waals surface area contributed by atoms with E-state index in [0.717, 1.165) is 24.7 Å². The molecule has 0 bridgehead atoms. The zero-order chi connectivity index (χ0) is 26.3. The third-order valence-corrected chi connectivity index (χ3v) is 7.91. The van der Waals surface area contributed by atoms with Gasteiger partial charge in [-0.05, 0) is 50.1 Å². The highest BCUT2D eigenvalue weighted by Crippen LogP contribution is 2.24. The zero-order valence-electron chi connectivity index (χ0n) is 20.5. The largest absolute Gasteiger partial charge is 0.352 e. The molecule has 8 nitrogen and oxygen atoms in total. The fraction of sp³-hybridized carbons (Fsp3) is 0.417. The molecular weight excluding hydrogens is 539 g/mol. The minimum atomic E-state index is -4.22. The van der Waals surface area contributed by atoms with Crippen LogP contribution in [0.3, 0.4) is 0 Å². The second-order valence-electron chi connectivity index (χ2n) is 8.39. The van der Waals surface area contributed by atoms with E-state index in [1.807, 2.05) is 26.0 Å². The van der Waals surface area contributed by atoms with Crippen LogP contribution in [0.2, 0.25) is 0 Å². The normalized spacial score (nSPS) is 13.3. The average molecular weight is 572 g/mol. The molecule has 2 atom stereocenters. The highest BCUT2D eigenvalue weighted by atomic mass is 79.9. The minimum absolute atomic E-state index is 0.0638. The first-order valence-corrected chi connectivity index (χ1v) is 13.4. The summed E-state index contributed by atoms with van der Waals surface area (Å²) in [5, 5.41) is 2.86. The Kier molecular flexibility index (Phi) is 10.2. The number of nitrogens with zero attached hydrogens (tertiary/aromatic N) is 3. The highest BCUT2D eigenvalue weighted by molar-refractivity contribution is 9.10. The van der Waals surface area contributed by atoms with E-state index in [4.69, 9.17) is 0 Å². The van der Waals surface area contributed by atoms with E-state index in [2.05, 4.69) is 21.2 Å². The van der Waals surface area contributed by atoms with Crippen LogP contribution in [-0.4, -0.2) is 62.2 Å². The molecule has 0 fully saturated rings. The Balaban J connectivity index is 2.46. The number of rotatable bonds is 11. The van der Waals surface area contributed by atoms with Crippen molar-refractivity contribution in [2.75, 3.05) is 24.9 Å². The lowest BCUT2D eigenvalue weighted by atomic mass is 10.1. The van der Waals surface area contributed by atoms with Gasteiger partial charge in [0, 0.05) is 31.2 Å². The molecule has 11 heteroatoms. The Morgan fingerprint density at radius 2 is 1.66 bits per heavy atom. The molecule has 2 amide bonds. The number of carbonyl (C=O) groups is 2. The summed E-state index contributed by atoms with van der Waals surface area (Å²) in [6, 6.07) is 11.6. The van der Waals surface area contributed by atoms with E-state index in [9.17, 15) is 22.4 Å². The number of hydrogen-bond acceptors (Lipinski definition) is 4. The number of benzene rings is 2. The van der Waals surface area contributed by atoms with Crippen molar-refractivity contribution in [3.63, 3.8) is 0 Å². The maximum atomic E-state index is 14.6. The number of para-hydroxylation sites is 1. The molecule has 0 saturated heterocycles. The molecule has 0 heterocycles. The molecule has 2 aromatic rings. The van der Waals surface area contributed by atoms with Gasteiger partial charge in [0.15, 0.2) is 0 Å². The number of carbonyl (C=O) groups excluding carboxylic acids is 2. The molecule has 0 unspecified atom stereocenters. The lowest BCUT2D eigenvalue weighted by molar-refractivity contribution is -0.139. The summed E-state index contributed by atoms with van der Waals surface area (Å²) in [6.07, 6.45) is 0.710. The quantitative estimate of drug-likeness (QED) is 0.447. The van der Waals surface area contributed by atoms with Crippen LogP contribution >= 0.6 is 15.9 Å². The summed E-state index contributed by atoms with van der Waals surface area (Å²) < 4.78 is 43.2. The molecular formula is C24H32BrFN4O4S. The lowest BCUT2D eigenvalue weighted by Gasteiger charge is -2.33. The van der Waals surface area contributed by atoms with Crippen LogP contribution in [0.5, 0.6) is 0 Å². The fourth-order valence-corrected chi connectivity index (χ4v) is 4.52. The molecule has 0 aromatic heterocycles. The number of anilines is 1. The molecule has 1 N–H and O–H groups in total. The first-order chi connectivity index (χ1) is 16.4. The molecule has 35 heavy (non-hydrogen) atoms. The third-order valence-electron chi connectivity index (χ3n) is 5.57. The fourth-order valence-electron chi connectivity index (χ4n) is 3.19. The molecule has 192 valence electrons. The Morgan fingerprint density at radius 3 is 2.20 bits per heavy atom. The Morgan fingerprint density at radius 1 is 1.06 bits per heavy atom. The average Bonchev–Trinajstić information content (AvgIpc) is 2.81. The zero-order valence-corrected chi connectivity index (χ0v) is 22.9. The highest BCUT2D eigenvalue weighted by Gasteiger charge is 2.33. The maximum absolute atomic E-state index is 14.6. The van der Waals surface area contributed by atoms with Gasteiger partial charge in [-0.25, -0.2) is 8.70 Å². The second kappa shape index (κ2) is 12.5. The van der Waals surface area contributed by atoms with Gasteiger partial charge in [0.25, 0.3) is 0 Å². The van der Waals surface area contributed by atoms with Gasteiger partial charge in [-0.15, -0.1) is 0 Å². The van der Waals surface area contributed by atoms with Crippen molar-refractivity contribution in [3.8, 4) is 0 Å². The monoisotopic (exact) mass is 570 g/mol. The minimum Gasteiger partial charge on any atom is -0.352 e. The van der Waals surface area contributed by atoms with Crippen molar-refractivity contribution < 1.29 is 22.4 Å². The van der Waals surface area contributed by atoms with E-state index >= 15 is 0 Å². The molecule has 0 aliphatic rings. The van der Waals surface area contributed by atoms with Crippen molar-refractivity contribution in [1.82, 2.24) is 14.5 Å². The molecule has 2 aromatic carbocycles. The Labute approximate surface area is 215 Å². The summed E-state index contributed by atoms with van der Waals surface area (Å²) in [4.78, 5) is 27.8. The van der Waals surface area contributed by atoms with E-state index in [1.165, 1.54) is 37.2 Å². The SMILES string of the molecule is CC[C@@H](C)NC(=O)[C@@H](C)N(Cc1ccc(Br)cc1)C(=O)CN(c1ccccc1F)S(=O)(=O)N(C)C. The number of halogens is 2. The summed E-state index contributed by atoms with van der Waals surface area (Å²) in [6.45, 7) is 4.75. The molecule has 0 aliphatic carbocycles. The van der Waals surface area contributed by atoms with E-state index in [0.29, 0.717) is 6.42 Å². The molecule has 0 aliphatic heterocycles. The topological polar surface area (TPSA) is 90.0 Å². The summed E-state index contributed by atoms with van der Waals surface area (Å²) >= 11 is 3.37. The van der Waals surface area contributed by atoms with E-state index in [1.54, 1.807) is 19.1 Å². The van der Waals surface area contributed by atoms with Crippen LogP contribution in [0.25, 0.3) is 0 Å². The van der Waals surface area contributed by atoms with Crippen LogP contribution in [0, 0.1) is 5.82 Å². The summed E-state index contributed by atoms with van der Waals surface area (Å²) in [7, 11) is -1.62. The predicted octanol–water partition coefficient (Wildman–Crippen LogP) is 3.53. The predicted molar refractivity (Wildman–Crippen MR) is 138 cm³/mol. The molecule has 0 spiro atoms. The first-order valence-electron chi connectivity index (χ1n) is 11.2. The summed E-state index contributed by atoms with van der Waals surface area (Å²) in [5.74, 6) is -1.79. The van der Waals surface area contributed by atoms with Gasteiger partial charge in [-0.3, -0.25) is 9.59 Å². The molecule has 0 saturated carbocycles. The van der Waals surface area contributed by atoms with Crippen LogP contribution in [0.4, 0.5) is 10.1 Å². The van der Waals surface area contributed by atoms with Gasteiger partial charge in [0.05, 0.1) is 5.69 Å². The van der Waals surface area contributed by atoms with E-state index < -0.39 is 34.5 Å². The van der Waals surface area contributed by atoms with Gasteiger partial charge in [0.2, 0.25) is 11.8 Å².